The van der Waals surface area contributed by atoms with Crippen molar-refractivity contribution in [3.63, 3.8) is 0 Å². The highest BCUT2D eigenvalue weighted by Gasteiger charge is 2.16. The fraction of sp³-hybridized carbons (Fsp3) is 0.923. The zero-order valence-corrected chi connectivity index (χ0v) is 11.1. The van der Waals surface area contributed by atoms with Crippen molar-refractivity contribution in [2.75, 3.05) is 32.8 Å². The summed E-state index contributed by atoms with van der Waals surface area (Å²) in [5, 5.41) is 12.3. The summed E-state index contributed by atoms with van der Waals surface area (Å²) in [4.78, 5) is 2.41. The van der Waals surface area contributed by atoms with Crippen LogP contribution >= 0.6 is 0 Å². The average Bonchev–Trinajstić information content (AvgIpc) is 2.54. The molecule has 0 aromatic heterocycles. The van der Waals surface area contributed by atoms with Gasteiger partial charge < -0.3 is 15.0 Å². The zero-order chi connectivity index (χ0) is 12.5. The Morgan fingerprint density at radius 2 is 2.41 bits per heavy atom. The van der Waals surface area contributed by atoms with Crippen molar-refractivity contribution in [1.82, 2.24) is 10.2 Å². The number of hydrogen-bond acceptors (Lipinski definition) is 4. The summed E-state index contributed by atoms with van der Waals surface area (Å²) in [6.45, 7) is 9.11. The molecule has 1 aliphatic heterocycles. The number of rotatable bonds is 6. The van der Waals surface area contributed by atoms with E-state index in [1.54, 1.807) is 0 Å². The van der Waals surface area contributed by atoms with E-state index in [1.165, 1.54) is 0 Å². The number of nitrogens with one attached hydrogen (secondary N) is 1. The molecule has 1 aliphatic rings. The highest BCUT2D eigenvalue weighted by Crippen LogP contribution is 2.06. The van der Waals surface area contributed by atoms with E-state index in [1.807, 2.05) is 0 Å². The van der Waals surface area contributed by atoms with Gasteiger partial charge in [-0.05, 0) is 32.7 Å². The Morgan fingerprint density at radius 3 is 3.12 bits per heavy atom. The summed E-state index contributed by atoms with van der Waals surface area (Å²) in [7, 11) is 0. The van der Waals surface area contributed by atoms with Crippen LogP contribution in [-0.2, 0) is 4.74 Å². The van der Waals surface area contributed by atoms with Gasteiger partial charge in [0.25, 0.3) is 0 Å². The van der Waals surface area contributed by atoms with E-state index in [0.29, 0.717) is 6.10 Å². The van der Waals surface area contributed by atoms with Crippen LogP contribution in [0.25, 0.3) is 0 Å². The lowest BCUT2D eigenvalue weighted by molar-refractivity contribution is 0.0674. The molecule has 0 aromatic carbocycles. The van der Waals surface area contributed by atoms with Crippen LogP contribution in [0.1, 0.15) is 33.1 Å². The van der Waals surface area contributed by atoms with Gasteiger partial charge in [-0.3, -0.25) is 0 Å². The number of nitriles is 1. The van der Waals surface area contributed by atoms with Crippen LogP contribution in [0.5, 0.6) is 0 Å². The Labute approximate surface area is 105 Å². The van der Waals surface area contributed by atoms with Crippen molar-refractivity contribution in [3.05, 3.63) is 0 Å². The third-order valence-electron chi connectivity index (χ3n) is 3.07. The van der Waals surface area contributed by atoms with E-state index in [0.717, 1.165) is 52.0 Å². The fourth-order valence-electron chi connectivity index (χ4n) is 2.13. The van der Waals surface area contributed by atoms with Crippen LogP contribution in [0.4, 0.5) is 0 Å². The molecule has 2 unspecified atom stereocenters. The maximum Gasteiger partial charge on any atom is 0.0965 e. The van der Waals surface area contributed by atoms with Gasteiger partial charge >= 0.3 is 0 Å². The molecule has 4 nitrogen and oxygen atoms in total. The minimum atomic E-state index is -0.00516. The standard InChI is InChI=1S/C13H25N3O/c1-3-6-15-13(10-14)5-8-16-7-4-9-17-12(2)11-16/h12-13,15H,3-9,11H2,1-2H3. The second-order valence-electron chi connectivity index (χ2n) is 4.76. The van der Waals surface area contributed by atoms with Crippen molar-refractivity contribution >= 4 is 0 Å². The Balaban J connectivity index is 2.25. The molecule has 0 radical (unpaired) electrons. The fourth-order valence-corrected chi connectivity index (χ4v) is 2.13. The third-order valence-corrected chi connectivity index (χ3v) is 3.07. The molecule has 1 fully saturated rings. The van der Waals surface area contributed by atoms with Gasteiger partial charge in [0.05, 0.1) is 18.2 Å². The summed E-state index contributed by atoms with van der Waals surface area (Å²) < 4.78 is 5.61. The van der Waals surface area contributed by atoms with Crippen molar-refractivity contribution in [1.29, 1.82) is 5.26 Å². The lowest BCUT2D eigenvalue weighted by Crippen LogP contribution is -2.36. The maximum absolute atomic E-state index is 9.03. The molecule has 17 heavy (non-hydrogen) atoms. The normalized spacial score (nSPS) is 23.9. The van der Waals surface area contributed by atoms with Crippen LogP contribution in [0.2, 0.25) is 0 Å². The van der Waals surface area contributed by atoms with E-state index in [4.69, 9.17) is 10.00 Å². The summed E-state index contributed by atoms with van der Waals surface area (Å²) in [6.07, 6.45) is 3.40. The molecule has 2 atom stereocenters. The Hall–Kier alpha value is -0.630. The van der Waals surface area contributed by atoms with Gasteiger partial charge in [-0.15, -0.1) is 0 Å². The first-order chi connectivity index (χ1) is 8.26. The molecule has 1 heterocycles. The molecule has 4 heteroatoms. The minimum Gasteiger partial charge on any atom is -0.377 e. The Kier molecular flexibility index (Phi) is 7.18. The molecule has 0 aliphatic carbocycles. The lowest BCUT2D eigenvalue weighted by atomic mass is 10.2. The van der Waals surface area contributed by atoms with E-state index < -0.39 is 0 Å². The van der Waals surface area contributed by atoms with Gasteiger partial charge in [0, 0.05) is 26.2 Å². The molecule has 1 N–H and O–H groups in total. The Morgan fingerprint density at radius 1 is 1.59 bits per heavy atom. The van der Waals surface area contributed by atoms with Crippen LogP contribution in [0.15, 0.2) is 0 Å². The van der Waals surface area contributed by atoms with Gasteiger partial charge in [0.1, 0.15) is 0 Å². The third kappa shape index (κ3) is 6.02. The van der Waals surface area contributed by atoms with E-state index in [2.05, 4.69) is 30.1 Å². The van der Waals surface area contributed by atoms with Crippen molar-refractivity contribution in [2.45, 2.75) is 45.3 Å². The topological polar surface area (TPSA) is 48.3 Å². The first-order valence-electron chi connectivity index (χ1n) is 6.73. The smallest absolute Gasteiger partial charge is 0.0965 e. The van der Waals surface area contributed by atoms with Gasteiger partial charge in [-0.25, -0.2) is 0 Å². The monoisotopic (exact) mass is 239 g/mol. The quantitative estimate of drug-likeness (QED) is 0.761. The summed E-state index contributed by atoms with van der Waals surface area (Å²) in [6, 6.07) is 2.33. The zero-order valence-electron chi connectivity index (χ0n) is 11.1. The number of nitrogens with zero attached hydrogens (tertiary/aromatic N) is 2. The molecule has 1 rings (SSSR count). The highest BCUT2D eigenvalue weighted by atomic mass is 16.5. The van der Waals surface area contributed by atoms with Crippen molar-refractivity contribution in [2.24, 2.45) is 0 Å². The largest absolute Gasteiger partial charge is 0.377 e. The number of ether oxygens (including phenoxy) is 1. The molecule has 0 aromatic rings. The SMILES string of the molecule is CCCNC(C#N)CCN1CCCOC(C)C1. The van der Waals surface area contributed by atoms with Gasteiger partial charge in [-0.2, -0.15) is 5.26 Å². The maximum atomic E-state index is 9.03. The first-order valence-corrected chi connectivity index (χ1v) is 6.73. The first kappa shape index (κ1) is 14.4. The molecule has 0 spiro atoms. The summed E-state index contributed by atoms with van der Waals surface area (Å²) in [5.74, 6) is 0. The Bertz CT molecular complexity index is 239. The van der Waals surface area contributed by atoms with Gasteiger partial charge in [0.15, 0.2) is 0 Å². The summed E-state index contributed by atoms with van der Waals surface area (Å²) >= 11 is 0. The van der Waals surface area contributed by atoms with Crippen LogP contribution in [0.3, 0.4) is 0 Å². The molecule has 0 amide bonds. The minimum absolute atomic E-state index is 0.00516. The molecule has 0 bridgehead atoms. The second-order valence-corrected chi connectivity index (χ2v) is 4.76. The van der Waals surface area contributed by atoms with Crippen LogP contribution < -0.4 is 5.32 Å². The number of hydrogen-bond donors (Lipinski definition) is 1. The van der Waals surface area contributed by atoms with E-state index >= 15 is 0 Å². The summed E-state index contributed by atoms with van der Waals surface area (Å²) in [5.41, 5.74) is 0. The van der Waals surface area contributed by atoms with Crippen molar-refractivity contribution in [3.8, 4) is 6.07 Å². The van der Waals surface area contributed by atoms with Crippen LogP contribution in [-0.4, -0.2) is 49.8 Å². The molecule has 1 saturated heterocycles. The van der Waals surface area contributed by atoms with E-state index in [-0.39, 0.29) is 6.04 Å². The average molecular weight is 239 g/mol. The van der Waals surface area contributed by atoms with Crippen molar-refractivity contribution < 1.29 is 4.74 Å². The molecule has 0 saturated carbocycles. The van der Waals surface area contributed by atoms with Gasteiger partial charge in [0.2, 0.25) is 0 Å². The molecular formula is C13H25N3O. The molecule has 98 valence electrons. The lowest BCUT2D eigenvalue weighted by Gasteiger charge is -2.23. The van der Waals surface area contributed by atoms with Crippen LogP contribution in [0, 0.1) is 11.3 Å². The highest BCUT2D eigenvalue weighted by molar-refractivity contribution is 4.90. The second kappa shape index (κ2) is 8.46. The molecular weight excluding hydrogens is 214 g/mol. The van der Waals surface area contributed by atoms with E-state index in [9.17, 15) is 0 Å². The predicted octanol–water partition coefficient (Wildman–Crippen LogP) is 1.38. The predicted molar refractivity (Wildman–Crippen MR) is 68.8 cm³/mol. The van der Waals surface area contributed by atoms with Gasteiger partial charge in [-0.1, -0.05) is 6.92 Å².